The highest BCUT2D eigenvalue weighted by atomic mass is 16.3. The fourth-order valence-corrected chi connectivity index (χ4v) is 1.14. The quantitative estimate of drug-likeness (QED) is 0.711. The van der Waals surface area contributed by atoms with Crippen LogP contribution < -0.4 is 0 Å². The van der Waals surface area contributed by atoms with Crippen molar-refractivity contribution < 1.29 is 5.11 Å². The summed E-state index contributed by atoms with van der Waals surface area (Å²) in [6, 6.07) is 0. The van der Waals surface area contributed by atoms with E-state index in [-0.39, 0.29) is 11.5 Å². The third-order valence-corrected chi connectivity index (χ3v) is 3.05. The van der Waals surface area contributed by atoms with Crippen LogP contribution in [0.25, 0.3) is 0 Å². The fraction of sp³-hybridized carbons (Fsp3) is 1.00. The molecule has 0 spiro atoms. The third-order valence-electron chi connectivity index (χ3n) is 3.05. The summed E-state index contributed by atoms with van der Waals surface area (Å²) < 4.78 is 0. The lowest BCUT2D eigenvalue weighted by atomic mass is 9.79. The predicted molar refractivity (Wildman–Crippen MR) is 58.8 cm³/mol. The van der Waals surface area contributed by atoms with Crippen molar-refractivity contribution in [3.05, 3.63) is 0 Å². The summed E-state index contributed by atoms with van der Waals surface area (Å²) in [6.07, 6.45) is 3.05. The second-order valence-electron chi connectivity index (χ2n) is 5.94. The Morgan fingerprint density at radius 3 is 1.85 bits per heavy atom. The second-order valence-corrected chi connectivity index (χ2v) is 5.94. The minimum absolute atomic E-state index is 0.0316. The molecule has 0 fully saturated rings. The molecule has 0 aromatic heterocycles. The largest absolute Gasteiger partial charge is 0.393 e. The highest BCUT2D eigenvalue weighted by Gasteiger charge is 2.24. The molecule has 0 heterocycles. The topological polar surface area (TPSA) is 20.2 Å². The lowest BCUT2D eigenvalue weighted by Crippen LogP contribution is -2.27. The zero-order valence-electron chi connectivity index (χ0n) is 10.1. The maximum Gasteiger partial charge on any atom is 0.0588 e. The van der Waals surface area contributed by atoms with Crippen LogP contribution in [-0.2, 0) is 0 Å². The maximum atomic E-state index is 9.84. The van der Waals surface area contributed by atoms with Crippen LogP contribution >= 0.6 is 0 Å². The number of rotatable bonds is 4. The Balaban J connectivity index is 3.90. The number of aliphatic hydroxyl groups excluding tert-OH is 1. The molecule has 0 aromatic carbocycles. The molecule has 0 aromatic rings. The molecule has 0 aliphatic rings. The second kappa shape index (κ2) is 4.45. The first kappa shape index (κ1) is 13.0. The van der Waals surface area contributed by atoms with Crippen LogP contribution in [0.3, 0.4) is 0 Å². The molecular weight excluding hydrogens is 160 g/mol. The van der Waals surface area contributed by atoms with Gasteiger partial charge in [0, 0.05) is 0 Å². The highest BCUT2D eigenvalue weighted by Crippen LogP contribution is 2.30. The summed E-state index contributed by atoms with van der Waals surface area (Å²) in [5.74, 6) is 0. The molecule has 1 N–H and O–H groups in total. The van der Waals surface area contributed by atoms with Crippen molar-refractivity contribution in [3.63, 3.8) is 0 Å². The Hall–Kier alpha value is -0.0400. The number of hydrogen-bond acceptors (Lipinski definition) is 1. The standard InChI is InChI=1S/C12H26O/c1-7-12(5,6)9-8-10(13)11(2,3)4/h10,13H,7-9H2,1-6H3. The molecular formula is C12H26O. The van der Waals surface area contributed by atoms with Gasteiger partial charge in [0.15, 0.2) is 0 Å². The Morgan fingerprint density at radius 2 is 1.54 bits per heavy atom. The van der Waals surface area contributed by atoms with Crippen LogP contribution in [0.15, 0.2) is 0 Å². The molecule has 0 amide bonds. The van der Waals surface area contributed by atoms with Gasteiger partial charge in [0.25, 0.3) is 0 Å². The van der Waals surface area contributed by atoms with Gasteiger partial charge in [-0.1, -0.05) is 48.0 Å². The minimum Gasteiger partial charge on any atom is -0.393 e. The SMILES string of the molecule is CCC(C)(C)CCC(O)C(C)(C)C. The number of aliphatic hydroxyl groups is 1. The normalized spacial score (nSPS) is 15.9. The molecule has 1 atom stereocenters. The monoisotopic (exact) mass is 186 g/mol. The van der Waals surface area contributed by atoms with Gasteiger partial charge in [-0.2, -0.15) is 0 Å². The van der Waals surface area contributed by atoms with E-state index < -0.39 is 0 Å². The maximum absolute atomic E-state index is 9.84. The van der Waals surface area contributed by atoms with Crippen molar-refractivity contribution in [1.82, 2.24) is 0 Å². The van der Waals surface area contributed by atoms with Crippen molar-refractivity contribution in [2.24, 2.45) is 10.8 Å². The van der Waals surface area contributed by atoms with E-state index >= 15 is 0 Å². The van der Waals surface area contributed by atoms with Gasteiger partial charge < -0.3 is 5.11 Å². The fourth-order valence-electron chi connectivity index (χ4n) is 1.14. The first-order valence-electron chi connectivity index (χ1n) is 5.37. The van der Waals surface area contributed by atoms with E-state index in [1.807, 2.05) is 0 Å². The molecule has 0 radical (unpaired) electrons. The van der Waals surface area contributed by atoms with Gasteiger partial charge >= 0.3 is 0 Å². The van der Waals surface area contributed by atoms with Crippen LogP contribution in [0.1, 0.15) is 60.8 Å². The van der Waals surface area contributed by atoms with Gasteiger partial charge in [-0.3, -0.25) is 0 Å². The summed E-state index contributed by atoms with van der Waals surface area (Å²) in [6.45, 7) is 13.0. The molecule has 0 saturated heterocycles. The summed E-state index contributed by atoms with van der Waals surface area (Å²) in [5.41, 5.74) is 0.413. The Bertz CT molecular complexity index is 142. The molecule has 0 aliphatic heterocycles. The summed E-state index contributed by atoms with van der Waals surface area (Å²) in [4.78, 5) is 0. The van der Waals surface area contributed by atoms with Gasteiger partial charge in [0.1, 0.15) is 0 Å². The van der Waals surface area contributed by atoms with Crippen molar-refractivity contribution in [2.45, 2.75) is 66.9 Å². The molecule has 13 heavy (non-hydrogen) atoms. The molecule has 0 bridgehead atoms. The first-order chi connectivity index (χ1) is 5.69. The third kappa shape index (κ3) is 5.30. The van der Waals surface area contributed by atoms with Gasteiger partial charge in [-0.25, -0.2) is 0 Å². The van der Waals surface area contributed by atoms with Crippen molar-refractivity contribution >= 4 is 0 Å². The van der Waals surface area contributed by atoms with E-state index in [1.54, 1.807) is 0 Å². The Labute approximate surface area is 83.5 Å². The van der Waals surface area contributed by atoms with Gasteiger partial charge in [0.05, 0.1) is 6.10 Å². The lowest BCUT2D eigenvalue weighted by molar-refractivity contribution is 0.0441. The molecule has 0 saturated carbocycles. The summed E-state index contributed by atoms with van der Waals surface area (Å²) >= 11 is 0. The molecule has 1 heteroatoms. The first-order valence-corrected chi connectivity index (χ1v) is 5.37. The van der Waals surface area contributed by atoms with E-state index in [1.165, 1.54) is 6.42 Å². The molecule has 1 nitrogen and oxygen atoms in total. The zero-order valence-corrected chi connectivity index (χ0v) is 10.1. The van der Waals surface area contributed by atoms with Crippen LogP contribution in [0.4, 0.5) is 0 Å². The zero-order chi connectivity index (χ0) is 10.7. The average molecular weight is 186 g/mol. The van der Waals surface area contributed by atoms with Crippen LogP contribution in [0, 0.1) is 10.8 Å². The van der Waals surface area contributed by atoms with Crippen LogP contribution in [-0.4, -0.2) is 11.2 Å². The van der Waals surface area contributed by atoms with E-state index in [9.17, 15) is 5.11 Å². The van der Waals surface area contributed by atoms with E-state index in [0.29, 0.717) is 5.41 Å². The summed E-state index contributed by atoms with van der Waals surface area (Å²) in [7, 11) is 0. The van der Waals surface area contributed by atoms with Gasteiger partial charge in [0.2, 0.25) is 0 Å². The molecule has 0 aliphatic carbocycles. The molecule has 80 valence electrons. The predicted octanol–water partition coefficient (Wildman–Crippen LogP) is 3.61. The highest BCUT2D eigenvalue weighted by molar-refractivity contribution is 4.76. The van der Waals surface area contributed by atoms with Crippen molar-refractivity contribution in [3.8, 4) is 0 Å². The smallest absolute Gasteiger partial charge is 0.0588 e. The summed E-state index contributed by atoms with van der Waals surface area (Å²) in [5, 5.41) is 9.84. The van der Waals surface area contributed by atoms with Crippen LogP contribution in [0.5, 0.6) is 0 Å². The molecule has 1 unspecified atom stereocenters. The van der Waals surface area contributed by atoms with E-state index in [4.69, 9.17) is 0 Å². The number of hydrogen-bond donors (Lipinski definition) is 1. The Kier molecular flexibility index (Phi) is 4.44. The lowest BCUT2D eigenvalue weighted by Gasteiger charge is -2.30. The van der Waals surface area contributed by atoms with Crippen molar-refractivity contribution in [1.29, 1.82) is 0 Å². The van der Waals surface area contributed by atoms with E-state index in [2.05, 4.69) is 41.5 Å². The van der Waals surface area contributed by atoms with Crippen LogP contribution in [0.2, 0.25) is 0 Å². The van der Waals surface area contributed by atoms with Crippen molar-refractivity contribution in [2.75, 3.05) is 0 Å². The minimum atomic E-state index is -0.168. The van der Waals surface area contributed by atoms with Gasteiger partial charge in [-0.15, -0.1) is 0 Å². The Morgan fingerprint density at radius 1 is 1.08 bits per heavy atom. The van der Waals surface area contributed by atoms with Gasteiger partial charge in [-0.05, 0) is 23.7 Å². The van der Waals surface area contributed by atoms with E-state index in [0.717, 1.165) is 12.8 Å². The molecule has 0 rings (SSSR count). The average Bonchev–Trinajstić information content (AvgIpc) is 1.98.